The average Bonchev–Trinajstić information content (AvgIpc) is 2.65. The van der Waals surface area contributed by atoms with Crippen LogP contribution < -0.4 is 0 Å². The topological polar surface area (TPSA) is 15.6 Å². The van der Waals surface area contributed by atoms with Crippen molar-refractivity contribution in [3.8, 4) is 0 Å². The number of thioether (sulfide) groups is 1. The maximum atomic E-state index is 4.65. The summed E-state index contributed by atoms with van der Waals surface area (Å²) in [6, 6.07) is 0. The molecule has 1 fully saturated rings. The highest BCUT2D eigenvalue weighted by molar-refractivity contribution is 9.09. The fourth-order valence-corrected chi connectivity index (χ4v) is 3.60. The van der Waals surface area contributed by atoms with Crippen LogP contribution in [0.3, 0.4) is 0 Å². The van der Waals surface area contributed by atoms with Gasteiger partial charge >= 0.3 is 0 Å². The SMILES string of the molecule is CCN(CC1CCC1)C1=NCC(CBr)S1. The Labute approximate surface area is 105 Å². The Morgan fingerprint density at radius 3 is 2.80 bits per heavy atom. The van der Waals surface area contributed by atoms with Crippen molar-refractivity contribution in [1.29, 1.82) is 0 Å². The Morgan fingerprint density at radius 2 is 2.33 bits per heavy atom. The minimum atomic E-state index is 0.662. The van der Waals surface area contributed by atoms with Gasteiger partial charge in [0.2, 0.25) is 0 Å². The monoisotopic (exact) mass is 290 g/mol. The van der Waals surface area contributed by atoms with E-state index in [9.17, 15) is 0 Å². The van der Waals surface area contributed by atoms with Crippen molar-refractivity contribution >= 4 is 32.9 Å². The van der Waals surface area contributed by atoms with E-state index >= 15 is 0 Å². The minimum absolute atomic E-state index is 0.662. The van der Waals surface area contributed by atoms with E-state index in [1.807, 2.05) is 11.8 Å². The molecule has 2 aliphatic rings. The molecule has 0 aromatic carbocycles. The van der Waals surface area contributed by atoms with Crippen molar-refractivity contribution in [3.05, 3.63) is 0 Å². The zero-order valence-corrected chi connectivity index (χ0v) is 11.7. The number of halogens is 1. The second kappa shape index (κ2) is 5.58. The highest BCUT2D eigenvalue weighted by atomic mass is 79.9. The molecule has 2 nitrogen and oxygen atoms in total. The summed E-state index contributed by atoms with van der Waals surface area (Å²) in [7, 11) is 0. The molecule has 0 saturated heterocycles. The number of aliphatic imine (C=N–C) groups is 1. The van der Waals surface area contributed by atoms with Crippen LogP contribution in [0.2, 0.25) is 0 Å². The van der Waals surface area contributed by atoms with Gasteiger partial charge in [0.25, 0.3) is 0 Å². The Morgan fingerprint density at radius 1 is 1.53 bits per heavy atom. The van der Waals surface area contributed by atoms with Gasteiger partial charge in [0.1, 0.15) is 0 Å². The van der Waals surface area contributed by atoms with E-state index in [1.165, 1.54) is 31.0 Å². The third-order valence-electron chi connectivity index (χ3n) is 3.23. The van der Waals surface area contributed by atoms with E-state index in [0.717, 1.165) is 24.3 Å². The van der Waals surface area contributed by atoms with E-state index < -0.39 is 0 Å². The van der Waals surface area contributed by atoms with Crippen molar-refractivity contribution in [2.24, 2.45) is 10.9 Å². The molecule has 0 N–H and O–H groups in total. The van der Waals surface area contributed by atoms with Crippen LogP contribution in [-0.2, 0) is 0 Å². The zero-order valence-electron chi connectivity index (χ0n) is 9.29. The summed E-state index contributed by atoms with van der Waals surface area (Å²) in [6.45, 7) is 5.57. The second-order valence-corrected chi connectivity index (χ2v) is 6.27. The van der Waals surface area contributed by atoms with E-state index in [2.05, 4.69) is 32.7 Å². The lowest BCUT2D eigenvalue weighted by molar-refractivity contribution is 0.247. The third-order valence-corrected chi connectivity index (χ3v) is 5.69. The lowest BCUT2D eigenvalue weighted by Gasteiger charge is -2.32. The Hall–Kier alpha value is 0.300. The normalized spacial score (nSPS) is 26.3. The zero-order chi connectivity index (χ0) is 10.7. The molecule has 15 heavy (non-hydrogen) atoms. The molecule has 86 valence electrons. The summed E-state index contributed by atoms with van der Waals surface area (Å²) >= 11 is 5.49. The van der Waals surface area contributed by atoms with Crippen LogP contribution in [-0.4, -0.2) is 40.3 Å². The summed E-state index contributed by atoms with van der Waals surface area (Å²) in [5, 5.41) is 3.01. The molecule has 1 atom stereocenters. The smallest absolute Gasteiger partial charge is 0.159 e. The minimum Gasteiger partial charge on any atom is -0.351 e. The van der Waals surface area contributed by atoms with Gasteiger partial charge < -0.3 is 4.90 Å². The Balaban J connectivity index is 1.83. The molecular formula is C11H19BrN2S. The first-order chi connectivity index (χ1) is 7.33. The predicted molar refractivity (Wildman–Crippen MR) is 72.1 cm³/mol. The van der Waals surface area contributed by atoms with Gasteiger partial charge in [0.15, 0.2) is 5.17 Å². The first-order valence-corrected chi connectivity index (χ1v) is 7.85. The standard InChI is InChI=1S/C11H19BrN2S/c1-2-14(8-9-4-3-5-9)11-13-7-10(6-12)15-11/h9-10H,2-8H2,1H3. The molecule has 1 saturated carbocycles. The van der Waals surface area contributed by atoms with Crippen LogP contribution in [0, 0.1) is 5.92 Å². The van der Waals surface area contributed by atoms with Crippen LogP contribution in [0.4, 0.5) is 0 Å². The van der Waals surface area contributed by atoms with E-state index in [1.54, 1.807) is 0 Å². The van der Waals surface area contributed by atoms with Crippen LogP contribution in [0.25, 0.3) is 0 Å². The molecule has 1 unspecified atom stereocenters. The van der Waals surface area contributed by atoms with Crippen molar-refractivity contribution in [2.45, 2.75) is 31.4 Å². The predicted octanol–water partition coefficient (Wildman–Crippen LogP) is 2.97. The summed E-state index contributed by atoms with van der Waals surface area (Å²) in [6.07, 6.45) is 4.29. The van der Waals surface area contributed by atoms with Crippen LogP contribution in [0.15, 0.2) is 4.99 Å². The molecule has 1 heterocycles. The Bertz CT molecular complexity index is 241. The largest absolute Gasteiger partial charge is 0.351 e. The van der Waals surface area contributed by atoms with Crippen molar-refractivity contribution in [3.63, 3.8) is 0 Å². The summed E-state index contributed by atoms with van der Waals surface area (Å²) < 4.78 is 0. The molecule has 1 aliphatic heterocycles. The molecule has 0 aromatic heterocycles. The van der Waals surface area contributed by atoms with E-state index in [4.69, 9.17) is 0 Å². The number of hydrogen-bond acceptors (Lipinski definition) is 3. The average molecular weight is 291 g/mol. The molecule has 2 rings (SSSR count). The van der Waals surface area contributed by atoms with Gasteiger partial charge in [-0.25, -0.2) is 0 Å². The van der Waals surface area contributed by atoms with Crippen LogP contribution in [0.5, 0.6) is 0 Å². The highest BCUT2D eigenvalue weighted by Crippen LogP contribution is 2.30. The van der Waals surface area contributed by atoms with Gasteiger partial charge in [-0.2, -0.15) is 0 Å². The number of rotatable bonds is 4. The Kier molecular flexibility index (Phi) is 4.38. The van der Waals surface area contributed by atoms with Crippen molar-refractivity contribution in [2.75, 3.05) is 25.0 Å². The lowest BCUT2D eigenvalue weighted by Crippen LogP contribution is -2.35. The first kappa shape index (κ1) is 11.8. The molecule has 0 radical (unpaired) electrons. The van der Waals surface area contributed by atoms with Crippen molar-refractivity contribution < 1.29 is 0 Å². The number of alkyl halides is 1. The second-order valence-electron chi connectivity index (χ2n) is 4.35. The maximum absolute atomic E-state index is 4.65. The van der Waals surface area contributed by atoms with Gasteiger partial charge in [0.05, 0.1) is 6.54 Å². The first-order valence-electron chi connectivity index (χ1n) is 5.85. The fraction of sp³-hybridized carbons (Fsp3) is 0.909. The van der Waals surface area contributed by atoms with Crippen molar-refractivity contribution in [1.82, 2.24) is 4.90 Å². The maximum Gasteiger partial charge on any atom is 0.159 e. The molecule has 4 heteroatoms. The third kappa shape index (κ3) is 2.90. The molecule has 0 aromatic rings. The van der Waals surface area contributed by atoms with Gasteiger partial charge in [-0.15, -0.1) is 0 Å². The number of nitrogens with zero attached hydrogens (tertiary/aromatic N) is 2. The summed E-state index contributed by atoms with van der Waals surface area (Å²) in [4.78, 5) is 7.12. The molecular weight excluding hydrogens is 272 g/mol. The molecule has 0 bridgehead atoms. The highest BCUT2D eigenvalue weighted by Gasteiger charge is 2.26. The summed E-state index contributed by atoms with van der Waals surface area (Å²) in [5.74, 6) is 0.941. The van der Waals surface area contributed by atoms with Gasteiger partial charge in [-0.05, 0) is 25.7 Å². The number of hydrogen-bond donors (Lipinski definition) is 0. The molecule has 0 amide bonds. The fourth-order valence-electron chi connectivity index (χ4n) is 1.99. The summed E-state index contributed by atoms with van der Waals surface area (Å²) in [5.41, 5.74) is 0. The van der Waals surface area contributed by atoms with E-state index in [-0.39, 0.29) is 0 Å². The molecule has 0 spiro atoms. The van der Waals surface area contributed by atoms with E-state index in [0.29, 0.717) is 5.25 Å². The van der Waals surface area contributed by atoms with Gasteiger partial charge in [-0.3, -0.25) is 4.99 Å². The van der Waals surface area contributed by atoms with Gasteiger partial charge in [-0.1, -0.05) is 34.1 Å². The van der Waals surface area contributed by atoms with Crippen LogP contribution >= 0.6 is 27.7 Å². The number of amidine groups is 1. The van der Waals surface area contributed by atoms with Crippen LogP contribution in [0.1, 0.15) is 26.2 Å². The quantitative estimate of drug-likeness (QED) is 0.740. The molecule has 1 aliphatic carbocycles. The van der Waals surface area contributed by atoms with Gasteiger partial charge in [0, 0.05) is 23.7 Å². The lowest BCUT2D eigenvalue weighted by atomic mass is 9.85.